The second-order valence-electron chi connectivity index (χ2n) is 5.39. The Morgan fingerprint density at radius 1 is 1.07 bits per heavy atom. The topological polar surface area (TPSA) is 148 Å². The summed E-state index contributed by atoms with van der Waals surface area (Å²) in [5.41, 5.74) is 6.34. The first-order valence-corrected chi connectivity index (χ1v) is 10.3. The van der Waals surface area contributed by atoms with E-state index >= 15 is 0 Å². The maximum absolute atomic E-state index is 12.0. The summed E-state index contributed by atoms with van der Waals surface area (Å²) in [6, 6.07) is 4.33. The van der Waals surface area contributed by atoms with Gasteiger partial charge in [0, 0.05) is 31.0 Å². The first kappa shape index (κ1) is 22.8. The lowest BCUT2D eigenvalue weighted by Crippen LogP contribution is -2.41. The minimum Gasteiger partial charge on any atom is -0.480 e. The highest BCUT2D eigenvalue weighted by Crippen LogP contribution is 2.23. The van der Waals surface area contributed by atoms with Gasteiger partial charge in [0.25, 0.3) is 0 Å². The van der Waals surface area contributed by atoms with Crippen LogP contribution in [-0.4, -0.2) is 52.4 Å². The molecule has 27 heavy (non-hydrogen) atoms. The molecule has 0 radical (unpaired) electrons. The van der Waals surface area contributed by atoms with Gasteiger partial charge in [-0.2, -0.15) is 0 Å². The van der Waals surface area contributed by atoms with Crippen LogP contribution in [0.25, 0.3) is 0 Å². The molecule has 1 aromatic rings. The molecule has 0 fully saturated rings. The number of carbonyl (C=O) groups is 4. The normalized spacial score (nSPS) is 12.6. The Balaban J connectivity index is 2.38. The van der Waals surface area contributed by atoms with Crippen molar-refractivity contribution < 1.29 is 29.0 Å². The second kappa shape index (κ2) is 11.5. The fourth-order valence-corrected chi connectivity index (χ4v) is 3.99. The molecule has 1 rings (SSSR count). The maximum Gasteiger partial charge on any atom is 0.329 e. The Morgan fingerprint density at radius 3 is 2.19 bits per heavy atom. The van der Waals surface area contributed by atoms with Crippen LogP contribution in [0.15, 0.2) is 24.3 Å². The molecule has 0 saturated heterocycles. The molecular weight excluding hydrogens is 394 g/mol. The van der Waals surface area contributed by atoms with Crippen molar-refractivity contribution >= 4 is 51.0 Å². The van der Waals surface area contributed by atoms with Gasteiger partial charge in [-0.1, -0.05) is 21.6 Å². The van der Waals surface area contributed by atoms with Crippen molar-refractivity contribution in [2.75, 3.05) is 16.8 Å². The van der Waals surface area contributed by atoms with Gasteiger partial charge < -0.3 is 26.2 Å². The fourth-order valence-electron chi connectivity index (χ4n) is 1.73. The number of hydrogen-bond donors (Lipinski definition) is 4. The number of ether oxygens (including phenoxy) is 1. The first-order valence-electron chi connectivity index (χ1n) is 7.78. The van der Waals surface area contributed by atoms with Gasteiger partial charge in [0.05, 0.1) is 0 Å². The summed E-state index contributed by atoms with van der Waals surface area (Å²) < 4.78 is 5.15. The zero-order valence-corrected chi connectivity index (χ0v) is 16.4. The van der Waals surface area contributed by atoms with E-state index in [-0.39, 0.29) is 17.4 Å². The van der Waals surface area contributed by atoms with Crippen molar-refractivity contribution in [2.24, 2.45) is 5.73 Å². The average molecular weight is 415 g/mol. The Bertz CT molecular complexity index is 683. The molecule has 0 aliphatic carbocycles. The van der Waals surface area contributed by atoms with E-state index in [9.17, 15) is 19.2 Å². The van der Waals surface area contributed by atoms with Gasteiger partial charge in [-0.3, -0.25) is 9.59 Å². The molecule has 0 aromatic heterocycles. The van der Waals surface area contributed by atoms with E-state index in [0.29, 0.717) is 11.4 Å². The van der Waals surface area contributed by atoms with Crippen LogP contribution in [0.3, 0.4) is 0 Å². The number of carbonyl (C=O) groups excluding carboxylic acids is 3. The number of nitrogens with one attached hydrogen (secondary N) is 2. The van der Waals surface area contributed by atoms with Gasteiger partial charge in [0.2, 0.25) is 11.8 Å². The highest BCUT2D eigenvalue weighted by Gasteiger charge is 2.20. The predicted octanol–water partition coefficient (Wildman–Crippen LogP) is 0.848. The van der Waals surface area contributed by atoms with Crippen molar-refractivity contribution in [3.8, 4) is 5.75 Å². The number of esters is 1. The van der Waals surface area contributed by atoms with E-state index in [1.54, 1.807) is 12.1 Å². The summed E-state index contributed by atoms with van der Waals surface area (Å²) >= 11 is 0. The van der Waals surface area contributed by atoms with Gasteiger partial charge in [0.15, 0.2) is 0 Å². The molecule has 0 saturated carbocycles. The molecule has 5 N–H and O–H groups in total. The highest BCUT2D eigenvalue weighted by molar-refractivity contribution is 8.76. The lowest BCUT2D eigenvalue weighted by atomic mass is 10.3. The molecule has 0 heterocycles. The fraction of sp³-hybridized carbons (Fsp3) is 0.375. The van der Waals surface area contributed by atoms with Crippen LogP contribution in [0.2, 0.25) is 0 Å². The van der Waals surface area contributed by atoms with Crippen LogP contribution in [0, 0.1) is 0 Å². The minimum atomic E-state index is -1.13. The smallest absolute Gasteiger partial charge is 0.329 e. The largest absolute Gasteiger partial charge is 0.480 e. The van der Waals surface area contributed by atoms with Crippen LogP contribution in [0.5, 0.6) is 5.75 Å². The van der Waals surface area contributed by atoms with Crippen LogP contribution < -0.4 is 21.1 Å². The molecular formula is C16H21N3O6S2. The SMILES string of the molecule is CC(=O)Nc1ccc(OC(=O)C(N)CSSCC(NC(C)=O)C(=O)O)cc1. The number of anilines is 1. The number of amides is 2. The molecule has 2 atom stereocenters. The van der Waals surface area contributed by atoms with E-state index < -0.39 is 29.9 Å². The van der Waals surface area contributed by atoms with Crippen LogP contribution in [-0.2, 0) is 19.2 Å². The third-order valence-corrected chi connectivity index (χ3v) is 5.38. The third-order valence-electron chi connectivity index (χ3n) is 2.94. The monoisotopic (exact) mass is 415 g/mol. The van der Waals surface area contributed by atoms with E-state index in [4.69, 9.17) is 15.6 Å². The van der Waals surface area contributed by atoms with Gasteiger partial charge in [-0.25, -0.2) is 9.59 Å². The maximum atomic E-state index is 12.0. The zero-order valence-electron chi connectivity index (χ0n) is 14.8. The van der Waals surface area contributed by atoms with Crippen molar-refractivity contribution in [3.05, 3.63) is 24.3 Å². The van der Waals surface area contributed by atoms with Crippen molar-refractivity contribution in [3.63, 3.8) is 0 Å². The molecule has 0 bridgehead atoms. The Morgan fingerprint density at radius 2 is 1.67 bits per heavy atom. The summed E-state index contributed by atoms with van der Waals surface area (Å²) in [6.07, 6.45) is 0. The number of hydrogen-bond acceptors (Lipinski definition) is 8. The van der Waals surface area contributed by atoms with Crippen molar-refractivity contribution in [1.29, 1.82) is 0 Å². The number of benzene rings is 1. The quantitative estimate of drug-likeness (QED) is 0.189. The molecule has 0 spiro atoms. The minimum absolute atomic E-state index is 0.131. The summed E-state index contributed by atoms with van der Waals surface area (Å²) in [6.45, 7) is 2.62. The molecule has 1 aromatic carbocycles. The van der Waals surface area contributed by atoms with Crippen LogP contribution >= 0.6 is 21.6 Å². The number of carboxylic acids is 1. The summed E-state index contributed by atoms with van der Waals surface area (Å²) in [4.78, 5) is 44.9. The molecule has 148 valence electrons. The average Bonchev–Trinajstić information content (AvgIpc) is 2.58. The summed E-state index contributed by atoms with van der Waals surface area (Å²) in [5.74, 6) is -1.78. The van der Waals surface area contributed by atoms with Gasteiger partial charge >= 0.3 is 11.9 Å². The van der Waals surface area contributed by atoms with E-state index in [1.807, 2.05) is 0 Å². The van der Waals surface area contributed by atoms with Gasteiger partial charge in [-0.05, 0) is 24.3 Å². The molecule has 9 nitrogen and oxygen atoms in total. The molecule has 0 aliphatic heterocycles. The Kier molecular flexibility index (Phi) is 9.68. The Labute approximate surface area is 164 Å². The zero-order chi connectivity index (χ0) is 20.4. The van der Waals surface area contributed by atoms with Gasteiger partial charge in [-0.15, -0.1) is 0 Å². The standard InChI is InChI=1S/C16H21N3O6S2/c1-9(20)18-11-3-5-12(6-4-11)25-16(24)13(17)7-26-27-8-14(15(22)23)19-10(2)21/h3-6,13-14H,7-8,17H2,1-2H3,(H,18,20)(H,19,21)(H,22,23). The van der Waals surface area contributed by atoms with Crippen LogP contribution in [0.1, 0.15) is 13.8 Å². The number of rotatable bonds is 10. The van der Waals surface area contributed by atoms with E-state index in [1.165, 1.54) is 47.6 Å². The number of carboxylic acid groups (broad SMARTS) is 1. The van der Waals surface area contributed by atoms with Gasteiger partial charge in [0.1, 0.15) is 17.8 Å². The second-order valence-corrected chi connectivity index (χ2v) is 7.95. The van der Waals surface area contributed by atoms with E-state index in [0.717, 1.165) is 0 Å². The molecule has 11 heteroatoms. The number of aliphatic carboxylic acids is 1. The van der Waals surface area contributed by atoms with Crippen LogP contribution in [0.4, 0.5) is 5.69 Å². The number of nitrogens with two attached hydrogens (primary N) is 1. The first-order chi connectivity index (χ1) is 12.7. The summed E-state index contributed by atoms with van der Waals surface area (Å²) in [7, 11) is 2.40. The summed E-state index contributed by atoms with van der Waals surface area (Å²) in [5, 5.41) is 13.9. The highest BCUT2D eigenvalue weighted by atomic mass is 33.1. The lowest BCUT2D eigenvalue weighted by molar-refractivity contribution is -0.140. The lowest BCUT2D eigenvalue weighted by Gasteiger charge is -2.14. The van der Waals surface area contributed by atoms with Crippen molar-refractivity contribution in [1.82, 2.24) is 5.32 Å². The van der Waals surface area contributed by atoms with Crippen molar-refractivity contribution in [2.45, 2.75) is 25.9 Å². The molecule has 2 amide bonds. The molecule has 2 unspecified atom stereocenters. The molecule has 0 aliphatic rings. The predicted molar refractivity (Wildman–Crippen MR) is 105 cm³/mol. The third kappa shape index (κ3) is 9.31. The van der Waals surface area contributed by atoms with E-state index in [2.05, 4.69) is 10.6 Å². The Hall–Kier alpha value is -2.24.